The molecule has 1 amide bonds. The summed E-state index contributed by atoms with van der Waals surface area (Å²) in [6.07, 6.45) is -1.45. The quantitative estimate of drug-likeness (QED) is 0.912. The molecule has 0 aromatic heterocycles. The molecule has 1 unspecified atom stereocenters. The van der Waals surface area contributed by atoms with Crippen molar-refractivity contribution in [2.24, 2.45) is 0 Å². The van der Waals surface area contributed by atoms with Gasteiger partial charge < -0.3 is 10.4 Å². The molecule has 3 nitrogen and oxygen atoms in total. The highest BCUT2D eigenvalue weighted by Crippen LogP contribution is 2.20. The Balaban J connectivity index is 2.11. The van der Waals surface area contributed by atoms with E-state index < -0.39 is 23.3 Å². The first-order chi connectivity index (χ1) is 10.4. The molecule has 0 saturated carbocycles. The van der Waals surface area contributed by atoms with E-state index in [0.717, 1.165) is 23.3 Å². The number of hydrogen-bond donors (Lipinski definition) is 2. The summed E-state index contributed by atoms with van der Waals surface area (Å²) < 4.78 is 27.1. The zero-order valence-corrected chi connectivity index (χ0v) is 12.4. The average Bonchev–Trinajstić information content (AvgIpc) is 2.44. The van der Waals surface area contributed by atoms with Crippen LogP contribution in [-0.4, -0.2) is 17.6 Å². The van der Waals surface area contributed by atoms with Gasteiger partial charge >= 0.3 is 0 Å². The molecule has 0 heterocycles. The molecule has 1 atom stereocenters. The van der Waals surface area contributed by atoms with E-state index >= 15 is 0 Å². The topological polar surface area (TPSA) is 49.3 Å². The fraction of sp³-hybridized carbons (Fsp3) is 0.235. The van der Waals surface area contributed by atoms with Gasteiger partial charge in [0.25, 0.3) is 5.91 Å². The number of nitrogens with one attached hydrogen (secondary N) is 1. The summed E-state index contributed by atoms with van der Waals surface area (Å²) in [6, 6.07) is 8.79. The van der Waals surface area contributed by atoms with Gasteiger partial charge in [-0.2, -0.15) is 0 Å². The van der Waals surface area contributed by atoms with Crippen molar-refractivity contribution >= 4 is 5.91 Å². The van der Waals surface area contributed by atoms with Crippen LogP contribution in [0.4, 0.5) is 8.78 Å². The van der Waals surface area contributed by atoms with Gasteiger partial charge in [-0.25, -0.2) is 8.78 Å². The SMILES string of the molecule is Cc1cccc(C)c1C(=O)NCC(O)c1c(F)cccc1F. The molecular formula is C17H17F2NO2. The van der Waals surface area contributed by atoms with Gasteiger partial charge in [0.1, 0.15) is 17.7 Å². The lowest BCUT2D eigenvalue weighted by atomic mass is 10.0. The van der Waals surface area contributed by atoms with Crippen LogP contribution >= 0.6 is 0 Å². The first-order valence-corrected chi connectivity index (χ1v) is 6.88. The summed E-state index contributed by atoms with van der Waals surface area (Å²) in [5.74, 6) is -2.06. The van der Waals surface area contributed by atoms with E-state index in [9.17, 15) is 18.7 Å². The van der Waals surface area contributed by atoms with E-state index in [1.165, 1.54) is 6.07 Å². The van der Waals surface area contributed by atoms with Crippen LogP contribution in [0.25, 0.3) is 0 Å². The predicted molar refractivity (Wildman–Crippen MR) is 79.6 cm³/mol. The number of hydrogen-bond acceptors (Lipinski definition) is 2. The number of aliphatic hydroxyl groups is 1. The third-order valence-corrected chi connectivity index (χ3v) is 3.50. The monoisotopic (exact) mass is 305 g/mol. The number of rotatable bonds is 4. The Morgan fingerprint density at radius 3 is 2.14 bits per heavy atom. The Morgan fingerprint density at radius 1 is 1.09 bits per heavy atom. The van der Waals surface area contributed by atoms with Gasteiger partial charge in [0, 0.05) is 12.1 Å². The van der Waals surface area contributed by atoms with Gasteiger partial charge in [0.2, 0.25) is 0 Å². The number of carbonyl (C=O) groups is 1. The molecule has 0 aliphatic rings. The Bertz CT molecular complexity index is 661. The lowest BCUT2D eigenvalue weighted by Gasteiger charge is -2.15. The molecule has 0 aliphatic carbocycles. The van der Waals surface area contributed by atoms with Crippen LogP contribution < -0.4 is 5.32 Å². The summed E-state index contributed by atoms with van der Waals surface area (Å²) in [5, 5.41) is 12.4. The van der Waals surface area contributed by atoms with Crippen LogP contribution in [0, 0.1) is 25.5 Å². The lowest BCUT2D eigenvalue weighted by Crippen LogP contribution is -2.30. The Kier molecular flexibility index (Phi) is 4.88. The summed E-state index contributed by atoms with van der Waals surface area (Å²) in [4.78, 5) is 12.2. The first kappa shape index (κ1) is 16.1. The molecule has 0 radical (unpaired) electrons. The molecular weight excluding hydrogens is 288 g/mol. The van der Waals surface area contributed by atoms with Gasteiger partial charge in [-0.3, -0.25) is 4.79 Å². The van der Waals surface area contributed by atoms with Crippen LogP contribution in [0.2, 0.25) is 0 Å². The highest BCUT2D eigenvalue weighted by Gasteiger charge is 2.19. The van der Waals surface area contributed by atoms with E-state index in [-0.39, 0.29) is 12.5 Å². The van der Waals surface area contributed by atoms with Crippen LogP contribution in [0.1, 0.15) is 33.2 Å². The smallest absolute Gasteiger partial charge is 0.251 e. The van der Waals surface area contributed by atoms with Crippen molar-refractivity contribution in [3.63, 3.8) is 0 Å². The molecule has 116 valence electrons. The molecule has 5 heteroatoms. The second-order valence-electron chi connectivity index (χ2n) is 5.13. The Hall–Kier alpha value is -2.27. The van der Waals surface area contributed by atoms with Gasteiger partial charge in [-0.15, -0.1) is 0 Å². The molecule has 0 saturated heterocycles. The van der Waals surface area contributed by atoms with E-state index in [2.05, 4.69) is 5.32 Å². The summed E-state index contributed by atoms with van der Waals surface area (Å²) in [7, 11) is 0. The highest BCUT2D eigenvalue weighted by molar-refractivity contribution is 5.97. The van der Waals surface area contributed by atoms with Crippen LogP contribution in [0.15, 0.2) is 36.4 Å². The fourth-order valence-electron chi connectivity index (χ4n) is 2.38. The predicted octanol–water partition coefficient (Wildman–Crippen LogP) is 3.05. The molecule has 0 aliphatic heterocycles. The minimum Gasteiger partial charge on any atom is -0.386 e. The number of amides is 1. The van der Waals surface area contributed by atoms with E-state index in [1.807, 2.05) is 6.07 Å². The maximum absolute atomic E-state index is 13.6. The molecule has 0 fully saturated rings. The van der Waals surface area contributed by atoms with Crippen molar-refractivity contribution in [3.05, 3.63) is 70.3 Å². The highest BCUT2D eigenvalue weighted by atomic mass is 19.1. The molecule has 0 bridgehead atoms. The lowest BCUT2D eigenvalue weighted by molar-refractivity contribution is 0.0910. The number of aryl methyl sites for hydroxylation is 2. The summed E-state index contributed by atoms with van der Waals surface area (Å²) in [6.45, 7) is 3.33. The second-order valence-corrected chi connectivity index (χ2v) is 5.13. The van der Waals surface area contributed by atoms with E-state index in [4.69, 9.17) is 0 Å². The van der Waals surface area contributed by atoms with Crippen molar-refractivity contribution in [1.82, 2.24) is 5.32 Å². The summed E-state index contributed by atoms with van der Waals surface area (Å²) >= 11 is 0. The van der Waals surface area contributed by atoms with Crippen LogP contribution in [0.5, 0.6) is 0 Å². The van der Waals surface area contributed by atoms with Gasteiger partial charge in [0.15, 0.2) is 0 Å². The Labute approximate surface area is 127 Å². The van der Waals surface area contributed by atoms with Gasteiger partial charge in [0.05, 0.1) is 5.56 Å². The zero-order chi connectivity index (χ0) is 16.3. The minimum atomic E-state index is -1.45. The molecule has 22 heavy (non-hydrogen) atoms. The van der Waals surface area contributed by atoms with Crippen molar-refractivity contribution < 1.29 is 18.7 Å². The number of benzene rings is 2. The van der Waals surface area contributed by atoms with Crippen LogP contribution in [-0.2, 0) is 0 Å². The zero-order valence-electron chi connectivity index (χ0n) is 12.4. The fourth-order valence-corrected chi connectivity index (χ4v) is 2.38. The summed E-state index contributed by atoms with van der Waals surface area (Å²) in [5.41, 5.74) is 1.65. The van der Waals surface area contributed by atoms with Crippen molar-refractivity contribution in [2.75, 3.05) is 6.54 Å². The van der Waals surface area contributed by atoms with E-state index in [0.29, 0.717) is 5.56 Å². The van der Waals surface area contributed by atoms with Crippen LogP contribution in [0.3, 0.4) is 0 Å². The average molecular weight is 305 g/mol. The normalized spacial score (nSPS) is 12.0. The number of halogens is 2. The Morgan fingerprint density at radius 2 is 1.59 bits per heavy atom. The van der Waals surface area contributed by atoms with Gasteiger partial charge in [-0.1, -0.05) is 24.3 Å². The third kappa shape index (κ3) is 3.31. The minimum absolute atomic E-state index is 0.273. The standard InChI is InChI=1S/C17H17F2NO2/c1-10-5-3-6-11(2)15(10)17(22)20-9-14(21)16-12(18)7-4-8-13(16)19/h3-8,14,21H,9H2,1-2H3,(H,20,22). The molecule has 2 aromatic rings. The van der Waals surface area contributed by atoms with Crippen molar-refractivity contribution in [3.8, 4) is 0 Å². The third-order valence-electron chi connectivity index (χ3n) is 3.50. The molecule has 2 N–H and O–H groups in total. The van der Waals surface area contributed by atoms with Gasteiger partial charge in [-0.05, 0) is 37.1 Å². The number of aliphatic hydroxyl groups excluding tert-OH is 1. The maximum Gasteiger partial charge on any atom is 0.251 e. The van der Waals surface area contributed by atoms with E-state index in [1.54, 1.807) is 26.0 Å². The molecule has 0 spiro atoms. The van der Waals surface area contributed by atoms with Crippen molar-refractivity contribution in [1.29, 1.82) is 0 Å². The maximum atomic E-state index is 13.6. The van der Waals surface area contributed by atoms with Crippen molar-refractivity contribution in [2.45, 2.75) is 20.0 Å². The molecule has 2 rings (SSSR count). The largest absolute Gasteiger partial charge is 0.386 e. The number of carbonyl (C=O) groups excluding carboxylic acids is 1. The second kappa shape index (κ2) is 6.66. The molecule has 2 aromatic carbocycles. The first-order valence-electron chi connectivity index (χ1n) is 6.88.